The number of anilines is 1. The molecule has 0 aliphatic heterocycles. The highest BCUT2D eigenvalue weighted by atomic mass is 19.1. The third-order valence-electron chi connectivity index (χ3n) is 2.95. The van der Waals surface area contributed by atoms with Crippen LogP contribution in [0.25, 0.3) is 22.2 Å². The van der Waals surface area contributed by atoms with Gasteiger partial charge in [0.25, 0.3) is 0 Å². The van der Waals surface area contributed by atoms with Crippen LogP contribution in [0.5, 0.6) is 0 Å². The quantitative estimate of drug-likeness (QED) is 0.673. The maximum absolute atomic E-state index is 13.4. The van der Waals surface area contributed by atoms with Crippen molar-refractivity contribution in [1.82, 2.24) is 4.98 Å². The second-order valence-corrected chi connectivity index (χ2v) is 4.27. The van der Waals surface area contributed by atoms with Crippen LogP contribution in [0.4, 0.5) is 14.5 Å². The van der Waals surface area contributed by atoms with Gasteiger partial charge in [-0.3, -0.25) is 0 Å². The van der Waals surface area contributed by atoms with Crippen LogP contribution in [0.2, 0.25) is 0 Å². The summed E-state index contributed by atoms with van der Waals surface area (Å²) in [6.07, 6.45) is 0. The molecule has 3 aromatic rings. The van der Waals surface area contributed by atoms with E-state index in [4.69, 9.17) is 5.73 Å². The van der Waals surface area contributed by atoms with Crippen LogP contribution >= 0.6 is 0 Å². The molecule has 2 aromatic carbocycles. The largest absolute Gasteiger partial charge is 0.396 e. The van der Waals surface area contributed by atoms with Gasteiger partial charge in [-0.15, -0.1) is 0 Å². The van der Waals surface area contributed by atoms with Gasteiger partial charge in [0.1, 0.15) is 11.6 Å². The number of rotatable bonds is 1. The van der Waals surface area contributed by atoms with Gasteiger partial charge in [0.2, 0.25) is 0 Å². The Hall–Kier alpha value is -2.49. The van der Waals surface area contributed by atoms with Crippen LogP contribution in [0, 0.1) is 11.6 Å². The summed E-state index contributed by atoms with van der Waals surface area (Å²) in [5.74, 6) is -0.779. The highest BCUT2D eigenvalue weighted by molar-refractivity contribution is 5.81. The lowest BCUT2D eigenvalue weighted by atomic mass is 10.1. The first-order valence-corrected chi connectivity index (χ1v) is 5.75. The van der Waals surface area contributed by atoms with Crippen molar-refractivity contribution in [3.05, 3.63) is 60.2 Å². The van der Waals surface area contributed by atoms with Crippen molar-refractivity contribution < 1.29 is 8.78 Å². The summed E-state index contributed by atoms with van der Waals surface area (Å²) in [4.78, 5) is 4.38. The first-order valence-electron chi connectivity index (χ1n) is 5.75. The van der Waals surface area contributed by atoms with Crippen LogP contribution in [-0.2, 0) is 0 Å². The zero-order valence-electron chi connectivity index (χ0n) is 9.90. The van der Waals surface area contributed by atoms with E-state index in [0.29, 0.717) is 22.2 Å². The molecule has 2 N–H and O–H groups in total. The van der Waals surface area contributed by atoms with Crippen molar-refractivity contribution in [3.8, 4) is 11.3 Å². The second-order valence-electron chi connectivity index (χ2n) is 4.27. The molecular formula is C15H10F2N2. The molecule has 0 spiro atoms. The Morgan fingerprint density at radius 3 is 2.53 bits per heavy atom. The fraction of sp³-hybridized carbons (Fsp3) is 0. The molecule has 0 aliphatic rings. The predicted molar refractivity (Wildman–Crippen MR) is 71.5 cm³/mol. The second kappa shape index (κ2) is 4.31. The Balaban J connectivity index is 2.14. The number of nitrogens with two attached hydrogens (primary N) is 1. The van der Waals surface area contributed by atoms with Gasteiger partial charge in [0, 0.05) is 10.9 Å². The van der Waals surface area contributed by atoms with Gasteiger partial charge in [-0.05, 0) is 36.4 Å². The predicted octanol–water partition coefficient (Wildman–Crippen LogP) is 3.76. The molecule has 3 rings (SSSR count). The Labute approximate surface area is 108 Å². The third kappa shape index (κ3) is 2.12. The zero-order chi connectivity index (χ0) is 13.4. The van der Waals surface area contributed by atoms with Crippen molar-refractivity contribution in [2.45, 2.75) is 0 Å². The van der Waals surface area contributed by atoms with Crippen molar-refractivity contribution >= 4 is 16.6 Å². The Bertz CT molecular complexity index is 769. The van der Waals surface area contributed by atoms with Gasteiger partial charge >= 0.3 is 0 Å². The average molecular weight is 256 g/mol. The van der Waals surface area contributed by atoms with Gasteiger partial charge in [0.05, 0.1) is 16.9 Å². The summed E-state index contributed by atoms with van der Waals surface area (Å²) in [6, 6.07) is 12.4. The fourth-order valence-electron chi connectivity index (χ4n) is 1.94. The molecule has 4 heteroatoms. The number of pyridine rings is 1. The number of aromatic nitrogens is 1. The highest BCUT2D eigenvalue weighted by Gasteiger charge is 2.05. The van der Waals surface area contributed by atoms with Crippen molar-refractivity contribution in [1.29, 1.82) is 0 Å². The molecule has 0 fully saturated rings. The van der Waals surface area contributed by atoms with E-state index in [9.17, 15) is 8.78 Å². The Kier molecular flexibility index (Phi) is 2.63. The molecule has 0 atom stereocenters. The summed E-state index contributed by atoms with van der Waals surface area (Å²) in [7, 11) is 0. The van der Waals surface area contributed by atoms with Crippen LogP contribution in [0.1, 0.15) is 0 Å². The van der Waals surface area contributed by atoms with Gasteiger partial charge in [-0.2, -0.15) is 0 Å². The molecule has 2 nitrogen and oxygen atoms in total. The minimum absolute atomic E-state index is 0.103. The van der Waals surface area contributed by atoms with Gasteiger partial charge in [0.15, 0.2) is 0 Å². The minimum atomic E-state index is -0.474. The topological polar surface area (TPSA) is 38.9 Å². The molecule has 0 saturated heterocycles. The molecule has 0 aliphatic carbocycles. The summed E-state index contributed by atoms with van der Waals surface area (Å²) in [5.41, 5.74) is 7.46. The number of hydrogen-bond acceptors (Lipinski definition) is 2. The standard InChI is InChI=1S/C15H10F2N2/c16-11-3-6-15-9(7-11)2-5-14(19-15)10-1-4-13(18)12(17)8-10/h1-8H,18H2. The summed E-state index contributed by atoms with van der Waals surface area (Å²) in [6.45, 7) is 0. The van der Waals surface area contributed by atoms with E-state index >= 15 is 0 Å². The van der Waals surface area contributed by atoms with E-state index in [1.165, 1.54) is 24.3 Å². The molecule has 19 heavy (non-hydrogen) atoms. The lowest BCUT2D eigenvalue weighted by Gasteiger charge is -2.05. The van der Waals surface area contributed by atoms with Crippen LogP contribution in [0.3, 0.4) is 0 Å². The smallest absolute Gasteiger partial charge is 0.146 e. The molecule has 0 bridgehead atoms. The molecule has 0 unspecified atom stereocenters. The number of nitrogens with zero attached hydrogens (tertiary/aromatic N) is 1. The summed E-state index contributed by atoms with van der Waals surface area (Å²) >= 11 is 0. The van der Waals surface area contributed by atoms with Crippen LogP contribution in [0.15, 0.2) is 48.5 Å². The number of nitrogen functional groups attached to an aromatic ring is 1. The third-order valence-corrected chi connectivity index (χ3v) is 2.95. The molecule has 0 saturated carbocycles. The average Bonchev–Trinajstić information content (AvgIpc) is 2.41. The first-order chi connectivity index (χ1) is 9.13. The van der Waals surface area contributed by atoms with Crippen molar-refractivity contribution in [2.24, 2.45) is 0 Å². The molecular weight excluding hydrogens is 246 g/mol. The number of fused-ring (bicyclic) bond motifs is 1. The van der Waals surface area contributed by atoms with Gasteiger partial charge in [-0.25, -0.2) is 13.8 Å². The highest BCUT2D eigenvalue weighted by Crippen LogP contribution is 2.24. The zero-order valence-corrected chi connectivity index (χ0v) is 9.90. The molecule has 1 heterocycles. The lowest BCUT2D eigenvalue weighted by molar-refractivity contribution is 0.629. The number of benzene rings is 2. The summed E-state index contributed by atoms with van der Waals surface area (Å²) < 4.78 is 26.5. The molecule has 0 amide bonds. The Morgan fingerprint density at radius 2 is 1.74 bits per heavy atom. The minimum Gasteiger partial charge on any atom is -0.396 e. The van der Waals surface area contributed by atoms with Crippen molar-refractivity contribution in [2.75, 3.05) is 5.73 Å². The van der Waals surface area contributed by atoms with E-state index in [2.05, 4.69) is 4.98 Å². The number of hydrogen-bond donors (Lipinski definition) is 1. The van der Waals surface area contributed by atoms with E-state index in [1.54, 1.807) is 24.3 Å². The normalized spacial score (nSPS) is 10.8. The molecule has 0 radical (unpaired) electrons. The lowest BCUT2D eigenvalue weighted by Crippen LogP contribution is -1.92. The van der Waals surface area contributed by atoms with Gasteiger partial charge in [-0.1, -0.05) is 12.1 Å². The van der Waals surface area contributed by atoms with Crippen molar-refractivity contribution in [3.63, 3.8) is 0 Å². The van der Waals surface area contributed by atoms with E-state index in [-0.39, 0.29) is 11.5 Å². The molecule has 1 aromatic heterocycles. The van der Waals surface area contributed by atoms with E-state index in [0.717, 1.165) is 0 Å². The SMILES string of the molecule is Nc1ccc(-c2ccc3cc(F)ccc3n2)cc1F. The van der Waals surface area contributed by atoms with Crippen LogP contribution < -0.4 is 5.73 Å². The van der Waals surface area contributed by atoms with E-state index < -0.39 is 5.82 Å². The van der Waals surface area contributed by atoms with Gasteiger partial charge < -0.3 is 5.73 Å². The van der Waals surface area contributed by atoms with E-state index in [1.807, 2.05) is 0 Å². The Morgan fingerprint density at radius 1 is 0.895 bits per heavy atom. The molecule has 94 valence electrons. The maximum atomic E-state index is 13.4. The van der Waals surface area contributed by atoms with Crippen LogP contribution in [-0.4, -0.2) is 4.98 Å². The summed E-state index contributed by atoms with van der Waals surface area (Å²) in [5, 5.41) is 0.708. The number of halogens is 2. The maximum Gasteiger partial charge on any atom is 0.146 e. The fourth-order valence-corrected chi connectivity index (χ4v) is 1.94. The monoisotopic (exact) mass is 256 g/mol. The first kappa shape index (κ1) is 11.6.